The number of esters is 1. The highest BCUT2D eigenvalue weighted by molar-refractivity contribution is 6.74. The van der Waals surface area contributed by atoms with Crippen LogP contribution in [0.25, 0.3) is 11.3 Å². The number of carbonyl (C=O) groups is 2. The number of carbonyl (C=O) groups excluding carboxylic acids is 1. The molecule has 0 bridgehead atoms. The van der Waals surface area contributed by atoms with Crippen molar-refractivity contribution in [2.24, 2.45) is 0 Å². The molecule has 292 valence electrons. The number of aromatic nitrogens is 4. The number of aromatic carboxylic acids is 1. The van der Waals surface area contributed by atoms with Crippen LogP contribution in [0.4, 0.5) is 8.78 Å². The van der Waals surface area contributed by atoms with Gasteiger partial charge in [0.05, 0.1) is 17.2 Å². The molecular weight excluding hydrogens is 789 g/mol. The van der Waals surface area contributed by atoms with E-state index in [4.69, 9.17) is 37.5 Å². The van der Waals surface area contributed by atoms with Crippen molar-refractivity contribution in [3.8, 4) is 11.5 Å². The molecule has 0 aliphatic rings. The minimum absolute atomic E-state index is 0.00383. The van der Waals surface area contributed by atoms with Crippen molar-refractivity contribution in [2.45, 2.75) is 51.7 Å². The number of hydrogen-bond acceptors (Lipinski definition) is 9. The number of hydrogen-bond donors (Lipinski definition) is 2. The minimum Gasteiger partial charge on any atom is -0.538 e. The maximum absolute atomic E-state index is 14.3. The quantitative estimate of drug-likeness (QED) is 0.115. The number of carboxylic acids is 1. The van der Waals surface area contributed by atoms with Gasteiger partial charge in [-0.3, -0.25) is 18.4 Å². The molecule has 4 aromatic heterocycles. The first kappa shape index (κ1) is 41.5. The normalized spacial score (nSPS) is 11.6. The lowest BCUT2D eigenvalue weighted by Gasteiger charge is -2.36. The fourth-order valence-electron chi connectivity index (χ4n) is 5.24. The Balaban J connectivity index is 0.000000223. The Morgan fingerprint density at radius 1 is 0.786 bits per heavy atom. The predicted octanol–water partition coefficient (Wildman–Crippen LogP) is 7.73. The van der Waals surface area contributed by atoms with E-state index in [1.54, 1.807) is 48.7 Å². The van der Waals surface area contributed by atoms with Gasteiger partial charge in [-0.15, -0.1) is 0 Å². The van der Waals surface area contributed by atoms with Gasteiger partial charge in [-0.2, -0.15) is 0 Å². The zero-order valence-electron chi connectivity index (χ0n) is 31.0. The molecule has 17 heteroatoms. The third-order valence-electron chi connectivity index (χ3n) is 9.30. The lowest BCUT2D eigenvalue weighted by molar-refractivity contribution is 0.0590. The molecule has 2 aromatic carbocycles. The van der Waals surface area contributed by atoms with E-state index >= 15 is 0 Å². The molecule has 12 nitrogen and oxygen atoms in total. The maximum atomic E-state index is 14.3. The van der Waals surface area contributed by atoms with E-state index in [1.807, 2.05) is 33.9 Å². The van der Waals surface area contributed by atoms with E-state index in [0.717, 1.165) is 4.40 Å². The Morgan fingerprint density at radius 3 is 1.70 bits per heavy atom. The number of pyridine rings is 2. The second kappa shape index (κ2) is 16.2. The lowest BCUT2D eigenvalue weighted by Crippen LogP contribution is -2.46. The van der Waals surface area contributed by atoms with Crippen molar-refractivity contribution in [1.29, 1.82) is 0 Å². The first-order valence-electron chi connectivity index (χ1n) is 16.9. The van der Waals surface area contributed by atoms with Gasteiger partial charge < -0.3 is 19.4 Å². The molecule has 0 saturated carbocycles. The number of rotatable bonds is 8. The highest BCUT2D eigenvalue weighted by Crippen LogP contribution is 2.37. The lowest BCUT2D eigenvalue weighted by atomic mass is 10.1. The smallest absolute Gasteiger partial charge is 0.360 e. The standard InChI is InChI=1S/C23H26ClFN2O4Si.C16H10ClFN2O4/c1-23(2,3)32(5,6)31-20-19(22(29)30-4)26-17-11-10-14(13-27(17)21(20)28)12-15-8-7-9-16(24)18(15)25;17-10-3-1-2-9(12(10)18)6-8-4-5-11-19-13(16(23)24)14(21)15(22)20(11)7-8/h7-11,13H,12H2,1-6H3;1-5,7,21H,6H2,(H,23,24). The summed E-state index contributed by atoms with van der Waals surface area (Å²) in [4.78, 5) is 56.9. The number of fused-ring (bicyclic) bond motifs is 2. The maximum Gasteiger partial charge on any atom is 0.360 e. The number of carboxylic acid groups (broad SMARTS) is 1. The van der Waals surface area contributed by atoms with Crippen LogP contribution in [-0.2, 0) is 17.6 Å². The van der Waals surface area contributed by atoms with Crippen molar-refractivity contribution in [3.05, 3.63) is 149 Å². The molecule has 4 heterocycles. The zero-order valence-corrected chi connectivity index (χ0v) is 33.5. The van der Waals surface area contributed by atoms with Crippen LogP contribution in [0.15, 0.2) is 82.6 Å². The van der Waals surface area contributed by atoms with Crippen LogP contribution in [-0.4, -0.2) is 56.3 Å². The first-order chi connectivity index (χ1) is 26.2. The number of ether oxygens (including phenoxy) is 1. The zero-order chi connectivity index (χ0) is 41.3. The van der Waals surface area contributed by atoms with E-state index in [9.17, 15) is 33.1 Å². The fraction of sp³-hybridized carbons (Fsp3) is 0.231. The molecule has 2 N–H and O–H groups in total. The number of benzene rings is 2. The average molecular weight is 826 g/mol. The molecule has 0 saturated heterocycles. The molecule has 6 aromatic rings. The number of nitrogens with zero attached hydrogens (tertiary/aromatic N) is 4. The average Bonchev–Trinajstić information content (AvgIpc) is 3.14. The number of methoxy groups -OCH3 is 1. The summed E-state index contributed by atoms with van der Waals surface area (Å²) in [6, 6.07) is 15.7. The molecule has 0 amide bonds. The summed E-state index contributed by atoms with van der Waals surface area (Å²) < 4.78 is 41.7. The highest BCUT2D eigenvalue weighted by Gasteiger charge is 2.41. The van der Waals surface area contributed by atoms with Crippen molar-refractivity contribution >= 4 is 54.8 Å². The van der Waals surface area contributed by atoms with Crippen LogP contribution in [0.3, 0.4) is 0 Å². The van der Waals surface area contributed by atoms with Crippen LogP contribution < -0.4 is 15.5 Å². The summed E-state index contributed by atoms with van der Waals surface area (Å²) in [6.45, 7) is 10.0. The number of halogens is 4. The molecule has 0 radical (unpaired) electrons. The Hall–Kier alpha value is -5.64. The molecule has 0 unspecified atom stereocenters. The minimum atomic E-state index is -2.47. The molecule has 0 atom stereocenters. The summed E-state index contributed by atoms with van der Waals surface area (Å²) in [5.74, 6) is -4.38. The summed E-state index contributed by atoms with van der Waals surface area (Å²) in [6.07, 6.45) is 3.34. The van der Waals surface area contributed by atoms with E-state index in [0.29, 0.717) is 22.3 Å². The van der Waals surface area contributed by atoms with Gasteiger partial charge in [-0.1, -0.05) is 80.4 Å². The van der Waals surface area contributed by atoms with Crippen molar-refractivity contribution in [1.82, 2.24) is 18.8 Å². The van der Waals surface area contributed by atoms with Gasteiger partial charge in [0.15, 0.2) is 11.4 Å². The molecule has 0 spiro atoms. The van der Waals surface area contributed by atoms with Gasteiger partial charge in [0.25, 0.3) is 13.9 Å². The van der Waals surface area contributed by atoms with Crippen molar-refractivity contribution in [2.75, 3.05) is 7.11 Å². The Labute approximate surface area is 329 Å². The predicted molar refractivity (Wildman–Crippen MR) is 209 cm³/mol. The second-order valence-corrected chi connectivity index (χ2v) is 19.7. The molecule has 0 aliphatic heterocycles. The van der Waals surface area contributed by atoms with Gasteiger partial charge >= 0.3 is 17.5 Å². The number of aromatic hydroxyl groups is 1. The van der Waals surface area contributed by atoms with Crippen LogP contribution >= 0.6 is 23.2 Å². The largest absolute Gasteiger partial charge is 0.538 e. The molecule has 6 rings (SSSR count). The Bertz CT molecular complexity index is 2640. The first-order valence-corrected chi connectivity index (χ1v) is 20.6. The monoisotopic (exact) mass is 824 g/mol. The third-order valence-corrected chi connectivity index (χ3v) is 14.2. The van der Waals surface area contributed by atoms with Crippen molar-refractivity contribution < 1.29 is 37.7 Å². The van der Waals surface area contributed by atoms with Crippen LogP contribution in [0.5, 0.6) is 11.5 Å². The van der Waals surface area contributed by atoms with Crippen LogP contribution in [0.2, 0.25) is 28.2 Å². The molecular formula is C39H36Cl2F2N4O8Si. The second-order valence-electron chi connectivity index (χ2n) is 14.2. The fourth-order valence-corrected chi connectivity index (χ4v) is 6.63. The van der Waals surface area contributed by atoms with Gasteiger partial charge in [0.2, 0.25) is 11.5 Å². The third kappa shape index (κ3) is 8.59. The molecule has 56 heavy (non-hydrogen) atoms. The molecule has 0 aliphatic carbocycles. The Morgan fingerprint density at radius 2 is 1.25 bits per heavy atom. The van der Waals surface area contributed by atoms with E-state index < -0.39 is 54.5 Å². The van der Waals surface area contributed by atoms with E-state index in [-0.39, 0.29) is 50.7 Å². The topological polar surface area (TPSA) is 162 Å². The summed E-state index contributed by atoms with van der Waals surface area (Å²) in [5.41, 5.74) is 0.000548. The van der Waals surface area contributed by atoms with Gasteiger partial charge in [0, 0.05) is 25.2 Å². The van der Waals surface area contributed by atoms with Gasteiger partial charge in [-0.05, 0) is 64.7 Å². The highest BCUT2D eigenvalue weighted by atomic mass is 35.5. The van der Waals surface area contributed by atoms with Crippen LogP contribution in [0.1, 0.15) is 64.0 Å². The molecule has 0 fully saturated rings. The van der Waals surface area contributed by atoms with Crippen LogP contribution in [0, 0.1) is 11.6 Å². The summed E-state index contributed by atoms with van der Waals surface area (Å²) in [7, 11) is -1.24. The SMILES string of the molecule is COC(=O)c1nc2ccc(Cc3cccc(Cl)c3F)cn2c(=O)c1O[Si](C)(C)C(C)(C)C.O=C(O)c1nc2ccc(Cc3cccc(Cl)c3F)cn2c(=O)c1O. The van der Waals surface area contributed by atoms with Crippen molar-refractivity contribution in [3.63, 3.8) is 0 Å². The van der Waals surface area contributed by atoms with E-state index in [1.165, 1.54) is 35.9 Å². The van der Waals surface area contributed by atoms with Gasteiger partial charge in [0.1, 0.15) is 22.9 Å². The summed E-state index contributed by atoms with van der Waals surface area (Å²) >= 11 is 11.6. The van der Waals surface area contributed by atoms with Gasteiger partial charge in [-0.25, -0.2) is 28.3 Å². The van der Waals surface area contributed by atoms with E-state index in [2.05, 4.69) is 9.97 Å². The Kier molecular flexibility index (Phi) is 12.0. The summed E-state index contributed by atoms with van der Waals surface area (Å²) in [5, 5.41) is 18.4.